The summed E-state index contributed by atoms with van der Waals surface area (Å²) in [6, 6.07) is 19.1. The number of para-hydroxylation sites is 2. The second kappa shape index (κ2) is 13.5. The Morgan fingerprint density at radius 1 is 0.974 bits per heavy atom. The molecular formula is C29H34ClN3O5S. The highest BCUT2D eigenvalue weighted by atomic mass is 35.5. The molecule has 8 nitrogen and oxygen atoms in total. The van der Waals surface area contributed by atoms with Gasteiger partial charge in [0.15, 0.2) is 0 Å². The molecule has 2 amide bonds. The van der Waals surface area contributed by atoms with Crippen LogP contribution in [-0.2, 0) is 26.2 Å². The van der Waals surface area contributed by atoms with Gasteiger partial charge in [-0.2, -0.15) is 0 Å². The largest absolute Gasteiger partial charge is 0.492 e. The van der Waals surface area contributed by atoms with Gasteiger partial charge in [-0.25, -0.2) is 8.42 Å². The molecule has 208 valence electrons. The fourth-order valence-electron chi connectivity index (χ4n) is 3.98. The van der Waals surface area contributed by atoms with E-state index in [1.165, 1.54) is 29.2 Å². The lowest BCUT2D eigenvalue weighted by atomic mass is 10.1. The molecule has 3 aromatic carbocycles. The van der Waals surface area contributed by atoms with Crippen molar-refractivity contribution in [2.75, 3.05) is 24.0 Å². The van der Waals surface area contributed by atoms with E-state index in [0.29, 0.717) is 23.9 Å². The summed E-state index contributed by atoms with van der Waals surface area (Å²) >= 11 is 6.00. The Kier molecular flexibility index (Phi) is 10.4. The molecule has 39 heavy (non-hydrogen) atoms. The number of amides is 2. The van der Waals surface area contributed by atoms with E-state index in [1.807, 2.05) is 31.2 Å². The number of hydrogen-bond donors (Lipinski definition) is 1. The molecule has 0 fully saturated rings. The molecule has 0 spiro atoms. The van der Waals surface area contributed by atoms with Crippen LogP contribution in [0.1, 0.15) is 31.9 Å². The minimum Gasteiger partial charge on any atom is -0.492 e. The highest BCUT2D eigenvalue weighted by Crippen LogP contribution is 2.33. The van der Waals surface area contributed by atoms with Crippen molar-refractivity contribution in [2.45, 2.75) is 45.2 Å². The molecule has 0 bridgehead atoms. The van der Waals surface area contributed by atoms with Gasteiger partial charge in [-0.1, -0.05) is 53.6 Å². The highest BCUT2D eigenvalue weighted by molar-refractivity contribution is 7.92. The molecule has 0 aliphatic heterocycles. The number of likely N-dealkylation sites (N-methyl/N-ethyl adjacent to an activating group) is 1. The summed E-state index contributed by atoms with van der Waals surface area (Å²) in [5.41, 5.74) is 2.08. The number of hydrogen-bond acceptors (Lipinski definition) is 5. The number of aryl methyl sites for hydroxylation is 1. The van der Waals surface area contributed by atoms with Crippen molar-refractivity contribution in [1.29, 1.82) is 0 Å². The zero-order valence-electron chi connectivity index (χ0n) is 22.6. The third-order valence-corrected chi connectivity index (χ3v) is 8.13. The Hall–Kier alpha value is -3.56. The zero-order chi connectivity index (χ0) is 28.6. The number of benzene rings is 3. The molecule has 0 saturated heterocycles. The third kappa shape index (κ3) is 7.52. The fraction of sp³-hybridized carbons (Fsp3) is 0.310. The van der Waals surface area contributed by atoms with Crippen LogP contribution >= 0.6 is 11.6 Å². The van der Waals surface area contributed by atoms with Gasteiger partial charge in [0.2, 0.25) is 11.8 Å². The maximum Gasteiger partial charge on any atom is 0.264 e. The van der Waals surface area contributed by atoms with Gasteiger partial charge in [0, 0.05) is 18.1 Å². The highest BCUT2D eigenvalue weighted by Gasteiger charge is 2.33. The van der Waals surface area contributed by atoms with Crippen molar-refractivity contribution in [3.8, 4) is 5.75 Å². The van der Waals surface area contributed by atoms with Gasteiger partial charge >= 0.3 is 0 Å². The molecule has 1 N–H and O–H groups in total. The van der Waals surface area contributed by atoms with Crippen LogP contribution in [0.5, 0.6) is 5.75 Å². The predicted molar refractivity (Wildman–Crippen MR) is 153 cm³/mol. The average molecular weight is 572 g/mol. The molecule has 3 rings (SSSR count). The topological polar surface area (TPSA) is 96.0 Å². The predicted octanol–water partition coefficient (Wildman–Crippen LogP) is 4.80. The minimum atomic E-state index is -4.23. The molecular weight excluding hydrogens is 538 g/mol. The Labute approximate surface area is 235 Å². The fourth-order valence-corrected chi connectivity index (χ4v) is 5.53. The summed E-state index contributed by atoms with van der Waals surface area (Å²) < 4.78 is 34.6. The third-order valence-electron chi connectivity index (χ3n) is 6.11. The normalized spacial score (nSPS) is 11.9. The van der Waals surface area contributed by atoms with E-state index < -0.39 is 28.5 Å². The SMILES string of the molecule is CCNC(=O)[C@H](C)N(Cc1ccc(C)cc1)C(=O)CN(c1ccccc1OCC)S(=O)(=O)c1ccc(Cl)cc1. The summed E-state index contributed by atoms with van der Waals surface area (Å²) in [5.74, 6) is -0.565. The van der Waals surface area contributed by atoms with E-state index in [4.69, 9.17) is 16.3 Å². The van der Waals surface area contributed by atoms with Gasteiger partial charge in [-0.05, 0) is 69.7 Å². The van der Waals surface area contributed by atoms with Crippen molar-refractivity contribution in [1.82, 2.24) is 10.2 Å². The van der Waals surface area contributed by atoms with Crippen LogP contribution in [0, 0.1) is 6.92 Å². The van der Waals surface area contributed by atoms with Crippen molar-refractivity contribution in [2.24, 2.45) is 0 Å². The van der Waals surface area contributed by atoms with Gasteiger partial charge in [-0.3, -0.25) is 13.9 Å². The molecule has 0 saturated carbocycles. The number of anilines is 1. The van der Waals surface area contributed by atoms with Crippen LogP contribution in [0.4, 0.5) is 5.69 Å². The van der Waals surface area contributed by atoms with Crippen LogP contribution < -0.4 is 14.4 Å². The number of nitrogens with zero attached hydrogens (tertiary/aromatic N) is 2. The van der Waals surface area contributed by atoms with Crippen LogP contribution in [-0.4, -0.2) is 50.9 Å². The Balaban J connectivity index is 2.07. The first-order valence-electron chi connectivity index (χ1n) is 12.7. The molecule has 10 heteroatoms. The maximum atomic E-state index is 13.9. The van der Waals surface area contributed by atoms with E-state index in [0.717, 1.165) is 15.4 Å². The molecule has 3 aromatic rings. The monoisotopic (exact) mass is 571 g/mol. The summed E-state index contributed by atoms with van der Waals surface area (Å²) in [6.07, 6.45) is 0. The van der Waals surface area contributed by atoms with Crippen LogP contribution in [0.2, 0.25) is 5.02 Å². The summed E-state index contributed by atoms with van der Waals surface area (Å²) in [7, 11) is -4.23. The first-order chi connectivity index (χ1) is 18.6. The number of halogens is 1. The van der Waals surface area contributed by atoms with Gasteiger partial charge in [0.25, 0.3) is 10.0 Å². The van der Waals surface area contributed by atoms with Gasteiger partial charge < -0.3 is 15.0 Å². The zero-order valence-corrected chi connectivity index (χ0v) is 24.1. The lowest BCUT2D eigenvalue weighted by Gasteiger charge is -2.32. The number of rotatable bonds is 12. The number of carbonyl (C=O) groups is 2. The summed E-state index contributed by atoms with van der Waals surface area (Å²) in [5, 5.41) is 3.13. The Bertz CT molecular complexity index is 1380. The minimum absolute atomic E-state index is 0.0344. The maximum absolute atomic E-state index is 13.9. The smallest absolute Gasteiger partial charge is 0.264 e. The summed E-state index contributed by atoms with van der Waals surface area (Å²) in [6.45, 7) is 7.44. The molecule has 0 aliphatic rings. The Morgan fingerprint density at radius 2 is 1.62 bits per heavy atom. The number of carbonyl (C=O) groups excluding carboxylic acids is 2. The number of ether oxygens (including phenoxy) is 1. The van der Waals surface area contributed by atoms with Crippen molar-refractivity contribution >= 4 is 39.1 Å². The standard InChI is InChI=1S/C29H34ClN3O5S/c1-5-31-29(35)22(4)32(19-23-13-11-21(3)12-14-23)28(34)20-33(26-9-7-8-10-27(26)38-6-2)39(36,37)25-17-15-24(30)16-18-25/h7-18,22H,5-6,19-20H2,1-4H3,(H,31,35)/t22-/m0/s1. The number of sulfonamides is 1. The average Bonchev–Trinajstić information content (AvgIpc) is 2.92. The second-order valence-electron chi connectivity index (χ2n) is 8.94. The van der Waals surface area contributed by atoms with Gasteiger partial charge in [0.05, 0.1) is 17.2 Å². The molecule has 0 heterocycles. The van der Waals surface area contributed by atoms with Crippen molar-refractivity contribution in [3.63, 3.8) is 0 Å². The summed E-state index contributed by atoms with van der Waals surface area (Å²) in [4.78, 5) is 28.1. The van der Waals surface area contributed by atoms with Crippen LogP contribution in [0.25, 0.3) is 0 Å². The lowest BCUT2D eigenvalue weighted by Crippen LogP contribution is -2.51. The van der Waals surface area contributed by atoms with Gasteiger partial charge in [-0.15, -0.1) is 0 Å². The van der Waals surface area contributed by atoms with E-state index in [9.17, 15) is 18.0 Å². The molecule has 1 atom stereocenters. The van der Waals surface area contributed by atoms with Gasteiger partial charge in [0.1, 0.15) is 18.3 Å². The van der Waals surface area contributed by atoms with E-state index in [-0.39, 0.29) is 23.0 Å². The lowest BCUT2D eigenvalue weighted by molar-refractivity contribution is -0.139. The van der Waals surface area contributed by atoms with E-state index in [1.54, 1.807) is 45.0 Å². The Morgan fingerprint density at radius 3 is 2.23 bits per heavy atom. The molecule has 0 radical (unpaired) electrons. The quantitative estimate of drug-likeness (QED) is 0.337. The first-order valence-corrected chi connectivity index (χ1v) is 14.5. The molecule has 0 aliphatic carbocycles. The van der Waals surface area contributed by atoms with Crippen LogP contribution in [0.15, 0.2) is 77.7 Å². The van der Waals surface area contributed by atoms with Crippen molar-refractivity contribution in [3.05, 3.63) is 88.9 Å². The molecule has 0 unspecified atom stereocenters. The second-order valence-corrected chi connectivity index (χ2v) is 11.2. The first kappa shape index (κ1) is 30.0. The number of nitrogens with one attached hydrogen (secondary N) is 1. The van der Waals surface area contributed by atoms with E-state index >= 15 is 0 Å². The van der Waals surface area contributed by atoms with E-state index in [2.05, 4.69) is 5.32 Å². The molecule has 0 aromatic heterocycles. The van der Waals surface area contributed by atoms with Crippen molar-refractivity contribution < 1.29 is 22.7 Å². The van der Waals surface area contributed by atoms with Crippen LogP contribution in [0.3, 0.4) is 0 Å².